The van der Waals surface area contributed by atoms with E-state index in [1.54, 1.807) is 53.4 Å². The number of thiophene rings is 1. The molecule has 5 rings (SSSR count). The number of fused-ring (bicyclic) bond motifs is 3. The number of aromatic nitrogens is 4. The lowest BCUT2D eigenvalue weighted by molar-refractivity contribution is -0.385. The van der Waals surface area contributed by atoms with Gasteiger partial charge in [0.2, 0.25) is 5.82 Å². The number of nitrogens with zero attached hydrogens (tertiary/aromatic N) is 5. The second kappa shape index (κ2) is 7.72. The van der Waals surface area contributed by atoms with Gasteiger partial charge in [0, 0.05) is 16.5 Å². The quantitative estimate of drug-likeness (QED) is 0.257. The third-order valence-electron chi connectivity index (χ3n) is 5.31. The molecule has 0 saturated heterocycles. The zero-order valence-electron chi connectivity index (χ0n) is 17.7. The van der Waals surface area contributed by atoms with Gasteiger partial charge in [-0.1, -0.05) is 6.92 Å². The Morgan fingerprint density at radius 2 is 2.09 bits per heavy atom. The van der Waals surface area contributed by atoms with Crippen molar-refractivity contribution in [1.82, 2.24) is 19.6 Å². The first-order valence-electron chi connectivity index (χ1n) is 10.0. The lowest BCUT2D eigenvalue weighted by Crippen LogP contribution is -1.96. The fourth-order valence-electron chi connectivity index (χ4n) is 3.75. The minimum atomic E-state index is -0.413. The molecule has 162 valence electrons. The van der Waals surface area contributed by atoms with Crippen LogP contribution in [0.3, 0.4) is 0 Å². The first-order valence-corrected chi connectivity index (χ1v) is 10.9. The standard InChI is InChI=1S/C22H19N5O4S/c1-4-16-13(3)32-22-19(16)21-24-20(25-26(21)11-23-22)18-8-6-15(31-18)10-30-14-5-7-17(27(28)29)12(2)9-14/h5-9,11H,4,10H2,1-3H3. The Labute approximate surface area is 186 Å². The van der Waals surface area contributed by atoms with Crippen LogP contribution in [0.5, 0.6) is 5.75 Å². The lowest BCUT2D eigenvalue weighted by atomic mass is 10.1. The molecule has 0 amide bonds. The normalized spacial score (nSPS) is 11.5. The minimum absolute atomic E-state index is 0.0613. The maximum atomic E-state index is 11.0. The molecule has 0 aliphatic heterocycles. The predicted octanol–water partition coefficient (Wildman–Crippen LogP) is 5.27. The maximum absolute atomic E-state index is 11.0. The van der Waals surface area contributed by atoms with E-state index in [2.05, 4.69) is 23.9 Å². The van der Waals surface area contributed by atoms with E-state index in [0.29, 0.717) is 28.7 Å². The number of ether oxygens (including phenoxy) is 1. The van der Waals surface area contributed by atoms with Crippen LogP contribution in [-0.4, -0.2) is 24.5 Å². The number of aryl methyl sites for hydroxylation is 3. The molecule has 0 N–H and O–H groups in total. The summed E-state index contributed by atoms with van der Waals surface area (Å²) in [4.78, 5) is 22.0. The number of nitro benzene ring substituents is 1. The van der Waals surface area contributed by atoms with Crippen molar-refractivity contribution in [3.8, 4) is 17.3 Å². The summed E-state index contributed by atoms with van der Waals surface area (Å²) >= 11 is 1.67. The molecule has 0 atom stereocenters. The fraction of sp³-hybridized carbons (Fsp3) is 0.227. The molecule has 0 spiro atoms. The van der Waals surface area contributed by atoms with Crippen LogP contribution in [0.25, 0.3) is 27.4 Å². The maximum Gasteiger partial charge on any atom is 0.272 e. The van der Waals surface area contributed by atoms with Crippen LogP contribution in [0.2, 0.25) is 0 Å². The second-order valence-corrected chi connectivity index (χ2v) is 8.58. The molecule has 5 aromatic rings. The molecule has 0 aliphatic rings. The SMILES string of the molecule is CCc1c(C)sc2ncn3nc(-c4ccc(COc5ccc([N+](=O)[O-])c(C)c5)o4)nc3c12. The molecule has 0 aliphatic carbocycles. The van der Waals surface area contributed by atoms with Gasteiger partial charge in [-0.3, -0.25) is 10.1 Å². The van der Waals surface area contributed by atoms with Gasteiger partial charge in [-0.2, -0.15) is 0 Å². The van der Waals surface area contributed by atoms with Crippen molar-refractivity contribution in [1.29, 1.82) is 0 Å². The van der Waals surface area contributed by atoms with Gasteiger partial charge in [0.15, 0.2) is 11.4 Å². The first-order chi connectivity index (χ1) is 15.4. The molecule has 4 aromatic heterocycles. The summed E-state index contributed by atoms with van der Waals surface area (Å²) in [6.45, 7) is 6.08. The molecule has 1 aromatic carbocycles. The smallest absolute Gasteiger partial charge is 0.272 e. The van der Waals surface area contributed by atoms with Crippen LogP contribution in [0.15, 0.2) is 41.1 Å². The van der Waals surface area contributed by atoms with Crippen LogP contribution < -0.4 is 4.74 Å². The van der Waals surface area contributed by atoms with E-state index in [9.17, 15) is 10.1 Å². The van der Waals surface area contributed by atoms with Crippen molar-refractivity contribution in [2.45, 2.75) is 33.8 Å². The highest BCUT2D eigenvalue weighted by Gasteiger charge is 2.18. The summed E-state index contributed by atoms with van der Waals surface area (Å²) in [6.07, 6.45) is 2.58. The summed E-state index contributed by atoms with van der Waals surface area (Å²) in [5, 5.41) is 16.5. The molecular weight excluding hydrogens is 430 g/mol. The molecule has 0 radical (unpaired) electrons. The Hall–Kier alpha value is -3.79. The van der Waals surface area contributed by atoms with E-state index in [1.807, 2.05) is 0 Å². The third kappa shape index (κ3) is 3.38. The van der Waals surface area contributed by atoms with Crippen LogP contribution in [-0.2, 0) is 13.0 Å². The predicted molar refractivity (Wildman–Crippen MR) is 120 cm³/mol. The highest BCUT2D eigenvalue weighted by molar-refractivity contribution is 7.18. The zero-order valence-corrected chi connectivity index (χ0v) is 18.5. The van der Waals surface area contributed by atoms with E-state index in [4.69, 9.17) is 14.1 Å². The van der Waals surface area contributed by atoms with E-state index in [-0.39, 0.29) is 12.3 Å². The molecule has 4 heterocycles. The molecular formula is C22H19N5O4S. The lowest BCUT2D eigenvalue weighted by Gasteiger charge is -2.05. The van der Waals surface area contributed by atoms with Gasteiger partial charge in [0.25, 0.3) is 5.69 Å². The molecule has 9 nitrogen and oxygen atoms in total. The Balaban J connectivity index is 1.40. The van der Waals surface area contributed by atoms with Crippen LogP contribution >= 0.6 is 11.3 Å². The van der Waals surface area contributed by atoms with Crippen LogP contribution in [0.4, 0.5) is 5.69 Å². The fourth-order valence-corrected chi connectivity index (χ4v) is 4.82. The second-order valence-electron chi connectivity index (χ2n) is 7.38. The molecule has 0 fully saturated rings. The van der Waals surface area contributed by atoms with Crippen LogP contribution in [0, 0.1) is 24.0 Å². The van der Waals surface area contributed by atoms with Gasteiger partial charge in [-0.05, 0) is 50.1 Å². The van der Waals surface area contributed by atoms with Crippen molar-refractivity contribution in [3.05, 3.63) is 68.5 Å². The summed E-state index contributed by atoms with van der Waals surface area (Å²) in [7, 11) is 0. The molecule has 0 bridgehead atoms. The minimum Gasteiger partial charge on any atom is -0.486 e. The van der Waals surface area contributed by atoms with Crippen LogP contribution in [0.1, 0.15) is 28.7 Å². The average Bonchev–Trinajstić information content (AvgIpc) is 3.47. The highest BCUT2D eigenvalue weighted by Crippen LogP contribution is 2.33. The van der Waals surface area contributed by atoms with E-state index >= 15 is 0 Å². The summed E-state index contributed by atoms with van der Waals surface area (Å²) < 4.78 is 13.3. The topological polar surface area (TPSA) is 109 Å². The van der Waals surface area contributed by atoms with Crippen molar-refractivity contribution < 1.29 is 14.1 Å². The van der Waals surface area contributed by atoms with Gasteiger partial charge < -0.3 is 9.15 Å². The molecule has 32 heavy (non-hydrogen) atoms. The van der Waals surface area contributed by atoms with E-state index in [0.717, 1.165) is 22.3 Å². The number of hydrogen-bond acceptors (Lipinski definition) is 8. The Morgan fingerprint density at radius 1 is 1.25 bits per heavy atom. The summed E-state index contributed by atoms with van der Waals surface area (Å²) in [5.41, 5.74) is 2.61. The first kappa shape index (κ1) is 20.1. The molecule has 10 heteroatoms. The van der Waals surface area contributed by atoms with Crippen molar-refractivity contribution >= 4 is 32.9 Å². The van der Waals surface area contributed by atoms with Gasteiger partial charge >= 0.3 is 0 Å². The Kier molecular flexibility index (Phi) is 4.86. The third-order valence-corrected chi connectivity index (χ3v) is 6.37. The molecule has 0 saturated carbocycles. The summed E-state index contributed by atoms with van der Waals surface area (Å²) in [6, 6.07) is 8.26. The number of hydrogen-bond donors (Lipinski definition) is 0. The highest BCUT2D eigenvalue weighted by atomic mass is 32.1. The van der Waals surface area contributed by atoms with E-state index in [1.165, 1.54) is 16.5 Å². The van der Waals surface area contributed by atoms with Crippen molar-refractivity contribution in [2.24, 2.45) is 0 Å². The van der Waals surface area contributed by atoms with Crippen molar-refractivity contribution in [2.75, 3.05) is 0 Å². The Bertz CT molecular complexity index is 1480. The van der Waals surface area contributed by atoms with Gasteiger partial charge in [0.1, 0.15) is 29.3 Å². The van der Waals surface area contributed by atoms with Crippen molar-refractivity contribution in [3.63, 3.8) is 0 Å². The van der Waals surface area contributed by atoms with Gasteiger partial charge in [-0.15, -0.1) is 16.4 Å². The van der Waals surface area contributed by atoms with E-state index < -0.39 is 4.92 Å². The number of nitro groups is 1. The summed E-state index contributed by atoms with van der Waals surface area (Å²) in [5.74, 6) is 2.14. The monoisotopic (exact) mass is 449 g/mol. The molecule has 0 unspecified atom stereocenters. The van der Waals surface area contributed by atoms with Gasteiger partial charge in [-0.25, -0.2) is 14.5 Å². The number of benzene rings is 1. The number of furan rings is 1. The number of rotatable bonds is 6. The largest absolute Gasteiger partial charge is 0.486 e. The average molecular weight is 449 g/mol. The Morgan fingerprint density at radius 3 is 2.84 bits per heavy atom. The van der Waals surface area contributed by atoms with Gasteiger partial charge in [0.05, 0.1) is 10.3 Å². The zero-order chi connectivity index (χ0) is 22.4.